The largest absolute Gasteiger partial charge is 0.386 e. The van der Waals surface area contributed by atoms with Gasteiger partial charge >= 0.3 is 0 Å². The van der Waals surface area contributed by atoms with Gasteiger partial charge in [0, 0.05) is 36.5 Å². The molecule has 1 amide bonds. The molecule has 0 bridgehead atoms. The molecule has 1 aliphatic heterocycles. The van der Waals surface area contributed by atoms with Gasteiger partial charge in [0.1, 0.15) is 16.3 Å². The molecule has 1 unspecified atom stereocenters. The summed E-state index contributed by atoms with van der Waals surface area (Å²) in [5.74, 6) is -7.00. The van der Waals surface area contributed by atoms with E-state index in [9.17, 15) is 35.9 Å². The number of carbonyl (C=O) groups is 1. The summed E-state index contributed by atoms with van der Waals surface area (Å²) in [6, 6.07) is 3.65. The Morgan fingerprint density at radius 2 is 1.76 bits per heavy atom. The first-order chi connectivity index (χ1) is 15.5. The van der Waals surface area contributed by atoms with Gasteiger partial charge in [0.25, 0.3) is 5.91 Å². The summed E-state index contributed by atoms with van der Waals surface area (Å²) < 4.78 is 87.1. The fraction of sp³-hybridized carbons (Fsp3) is 0.381. The summed E-state index contributed by atoms with van der Waals surface area (Å²) in [7, 11) is -4.47. The summed E-state index contributed by atoms with van der Waals surface area (Å²) in [6.45, 7) is -0.456. The average Bonchev–Trinajstić information content (AvgIpc) is 3.60. The molecule has 1 aliphatic carbocycles. The highest BCUT2D eigenvalue weighted by Gasteiger charge is 2.48. The van der Waals surface area contributed by atoms with Crippen molar-refractivity contribution in [2.45, 2.75) is 23.3 Å². The fourth-order valence-corrected chi connectivity index (χ4v) is 5.31. The van der Waals surface area contributed by atoms with Crippen molar-refractivity contribution in [2.75, 3.05) is 31.6 Å². The number of amides is 1. The normalized spacial score (nSPS) is 22.1. The Bertz CT molecular complexity index is 1180. The first-order valence-electron chi connectivity index (χ1n) is 10.1. The number of rotatable bonds is 5. The van der Waals surface area contributed by atoms with Gasteiger partial charge in [-0.25, -0.2) is 26.0 Å². The molecule has 1 heterocycles. The van der Waals surface area contributed by atoms with Crippen LogP contribution < -0.4 is 5.32 Å². The topological polar surface area (TPSA) is 95.9 Å². The molecule has 0 radical (unpaired) electrons. The number of β-amino-alcohol motifs (C(OH)–C–C–N with tert-alkyl or cyclic N) is 1. The van der Waals surface area contributed by atoms with Crippen molar-refractivity contribution < 1.29 is 40.6 Å². The molecule has 178 valence electrons. The summed E-state index contributed by atoms with van der Waals surface area (Å²) in [4.78, 5) is 11.7. The lowest BCUT2D eigenvalue weighted by molar-refractivity contribution is -0.0478. The van der Waals surface area contributed by atoms with Gasteiger partial charge in [-0.1, -0.05) is 0 Å². The van der Waals surface area contributed by atoms with Crippen LogP contribution in [0.2, 0.25) is 0 Å². The predicted octanol–water partition coefficient (Wildman–Crippen LogP) is 2.66. The summed E-state index contributed by atoms with van der Waals surface area (Å²) in [6.07, 6.45) is 1.45. The Labute approximate surface area is 187 Å². The molecule has 33 heavy (non-hydrogen) atoms. The number of halogens is 4. The molecule has 2 aliphatic rings. The van der Waals surface area contributed by atoms with Gasteiger partial charge < -0.3 is 15.2 Å². The minimum atomic E-state index is -4.47. The summed E-state index contributed by atoms with van der Waals surface area (Å²) >= 11 is 0. The fourth-order valence-electron chi connectivity index (χ4n) is 3.73. The number of anilines is 1. The van der Waals surface area contributed by atoms with E-state index in [2.05, 4.69) is 5.32 Å². The number of benzene rings is 2. The van der Waals surface area contributed by atoms with Gasteiger partial charge in [-0.05, 0) is 37.0 Å². The zero-order chi connectivity index (χ0) is 24.0. The molecule has 2 N–H and O–H groups in total. The zero-order valence-electron chi connectivity index (χ0n) is 17.2. The molecule has 1 atom stereocenters. The van der Waals surface area contributed by atoms with Crippen LogP contribution in [0.15, 0.2) is 35.2 Å². The predicted molar refractivity (Wildman–Crippen MR) is 108 cm³/mol. The Kier molecular flexibility index (Phi) is 6.20. The van der Waals surface area contributed by atoms with Crippen LogP contribution in [0.25, 0.3) is 0 Å². The highest BCUT2D eigenvalue weighted by molar-refractivity contribution is 7.89. The molecule has 2 fully saturated rings. The van der Waals surface area contributed by atoms with Crippen LogP contribution in [0.3, 0.4) is 0 Å². The third-order valence-electron chi connectivity index (χ3n) is 5.68. The van der Waals surface area contributed by atoms with E-state index >= 15 is 0 Å². The molecule has 2 aromatic carbocycles. The number of nitrogens with zero attached hydrogens (tertiary/aromatic N) is 1. The van der Waals surface area contributed by atoms with E-state index in [1.54, 1.807) is 0 Å². The van der Waals surface area contributed by atoms with Crippen molar-refractivity contribution in [3.05, 3.63) is 59.2 Å². The maximum absolute atomic E-state index is 14.6. The SMILES string of the molecule is O=C(Nc1cc(F)c(F)c(F)c1)c1ccc(F)c(S(=O)(=O)N2CCOCC(O)(C3CC3)C2)c1. The Balaban J connectivity index is 1.61. The number of aliphatic hydroxyl groups is 1. The molecular formula is C21H20F4N2O5S. The smallest absolute Gasteiger partial charge is 0.255 e. The van der Waals surface area contributed by atoms with Crippen LogP contribution >= 0.6 is 0 Å². The first kappa shape index (κ1) is 23.6. The Morgan fingerprint density at radius 3 is 2.39 bits per heavy atom. The standard InChI is InChI=1S/C21H20F4N2O5S/c22-15-4-1-12(20(28)26-14-8-16(23)19(25)17(24)9-14)7-18(15)33(30,31)27-5-6-32-11-21(29,10-27)13-2-3-13/h1,4,7-9,13,29H,2-3,5-6,10-11H2,(H,26,28). The van der Waals surface area contributed by atoms with E-state index in [0.717, 1.165) is 35.3 Å². The highest BCUT2D eigenvalue weighted by Crippen LogP contribution is 2.41. The number of carbonyl (C=O) groups excluding carboxylic acids is 1. The highest BCUT2D eigenvalue weighted by atomic mass is 32.2. The summed E-state index contributed by atoms with van der Waals surface area (Å²) in [5.41, 5.74) is -2.13. The maximum Gasteiger partial charge on any atom is 0.255 e. The second-order valence-electron chi connectivity index (χ2n) is 8.12. The molecule has 12 heteroatoms. The molecule has 2 aromatic rings. The van der Waals surface area contributed by atoms with Crippen molar-refractivity contribution in [2.24, 2.45) is 5.92 Å². The van der Waals surface area contributed by atoms with E-state index in [1.165, 1.54) is 0 Å². The van der Waals surface area contributed by atoms with Gasteiger partial charge in [-0.3, -0.25) is 4.79 Å². The average molecular weight is 488 g/mol. The third kappa shape index (κ3) is 4.74. The molecule has 1 saturated heterocycles. The second kappa shape index (κ2) is 8.67. The van der Waals surface area contributed by atoms with Crippen LogP contribution in [-0.2, 0) is 14.8 Å². The van der Waals surface area contributed by atoms with Crippen molar-refractivity contribution in [3.63, 3.8) is 0 Å². The van der Waals surface area contributed by atoms with Crippen LogP contribution in [0.1, 0.15) is 23.2 Å². The molecule has 1 saturated carbocycles. The third-order valence-corrected chi connectivity index (χ3v) is 7.54. The molecule has 0 aromatic heterocycles. The monoisotopic (exact) mass is 488 g/mol. The van der Waals surface area contributed by atoms with Crippen LogP contribution in [0.4, 0.5) is 23.2 Å². The van der Waals surface area contributed by atoms with Crippen LogP contribution in [-0.4, -0.2) is 55.6 Å². The minimum Gasteiger partial charge on any atom is -0.386 e. The quantitative estimate of drug-likeness (QED) is 0.499. The first-order valence-corrected chi connectivity index (χ1v) is 11.5. The van der Waals surface area contributed by atoms with Gasteiger partial charge in [0.05, 0.1) is 13.2 Å². The van der Waals surface area contributed by atoms with E-state index in [4.69, 9.17) is 4.74 Å². The number of ether oxygens (including phenoxy) is 1. The Morgan fingerprint density at radius 1 is 1.09 bits per heavy atom. The van der Waals surface area contributed by atoms with E-state index in [-0.39, 0.29) is 37.8 Å². The lowest BCUT2D eigenvalue weighted by atomic mass is 9.99. The van der Waals surface area contributed by atoms with Crippen molar-refractivity contribution in [1.82, 2.24) is 4.31 Å². The number of hydrogen-bond donors (Lipinski definition) is 2. The number of sulfonamides is 1. The molecule has 4 rings (SSSR count). The molecule has 0 spiro atoms. The van der Waals surface area contributed by atoms with Crippen molar-refractivity contribution in [3.8, 4) is 0 Å². The summed E-state index contributed by atoms with van der Waals surface area (Å²) in [5, 5.41) is 12.9. The van der Waals surface area contributed by atoms with Gasteiger partial charge in [0.2, 0.25) is 10.0 Å². The van der Waals surface area contributed by atoms with Gasteiger partial charge in [-0.2, -0.15) is 4.31 Å². The maximum atomic E-state index is 14.6. The van der Waals surface area contributed by atoms with Gasteiger partial charge in [0.15, 0.2) is 17.5 Å². The van der Waals surface area contributed by atoms with E-state index in [0.29, 0.717) is 12.1 Å². The molecule has 7 nitrogen and oxygen atoms in total. The lowest BCUT2D eigenvalue weighted by Crippen LogP contribution is -2.48. The zero-order valence-corrected chi connectivity index (χ0v) is 18.0. The number of hydrogen-bond acceptors (Lipinski definition) is 5. The lowest BCUT2D eigenvalue weighted by Gasteiger charge is -2.30. The molecular weight excluding hydrogens is 468 g/mol. The second-order valence-corrected chi connectivity index (χ2v) is 10.0. The van der Waals surface area contributed by atoms with Crippen molar-refractivity contribution in [1.29, 1.82) is 0 Å². The van der Waals surface area contributed by atoms with Crippen LogP contribution in [0.5, 0.6) is 0 Å². The van der Waals surface area contributed by atoms with Gasteiger partial charge in [-0.15, -0.1) is 0 Å². The number of nitrogens with one attached hydrogen (secondary N) is 1. The Hall–Kier alpha value is -2.54. The van der Waals surface area contributed by atoms with E-state index in [1.807, 2.05) is 0 Å². The van der Waals surface area contributed by atoms with Crippen LogP contribution in [0, 0.1) is 29.2 Å². The van der Waals surface area contributed by atoms with Crippen molar-refractivity contribution >= 4 is 21.6 Å². The van der Waals surface area contributed by atoms with E-state index < -0.39 is 55.4 Å². The minimum absolute atomic E-state index is 0.00223.